The number of ether oxygens (including phenoxy) is 4. The standard InChI is InChI=1S/C27H30ClFN6O6S.C17H14BrClFN3O2S.C11H18N2O4.CH4.CH3/c1-3-41-26(38)20-18(13-33-8-9-35-15(11-33)12-34(27(35)39)14-19(40-2)25(36)37)31-23(24-30-7-10-42-24)32-22(20)16-5-4-6-17(29)21(16)28;1-2-25-17(24)12-11(8-18)22-15(16-21-6-7-26-16)23-14(12)9-4-3-5-10(20)13(9)19;1-17-9(10(14)15)7-12-6-8-4-2-3-5-13(8)11(12)16;;/h4-7,10,15,19,22H,3,8-9,11-14H2,1-2H3,(H,31,32)(H,36,37);3-7,14H,2,8H2,1H3,(H,22,23);8-9H,2-7H2,1H3,(H,14,15);1H4;1H3/q;;;;-1/t15-,19?,22-;14-;8-,9?;;/m000../s1. The van der Waals surface area contributed by atoms with Crippen LogP contribution in [0.15, 0.2) is 92.1 Å². The highest BCUT2D eigenvalue weighted by molar-refractivity contribution is 9.09. The number of hydrogen-bond acceptors (Lipinski definition) is 19. The Balaban J connectivity index is 0.000000228. The summed E-state index contributed by atoms with van der Waals surface area (Å²) in [6.45, 7) is 7.27. The van der Waals surface area contributed by atoms with Crippen LogP contribution in [0, 0.1) is 19.1 Å². The fourth-order valence-corrected chi connectivity index (χ4v) is 12.6. The highest BCUT2D eigenvalue weighted by Gasteiger charge is 2.44. The smallest absolute Gasteiger partial charge is 0.338 e. The number of nitrogens with zero attached hydrogens (tertiary/aromatic N) is 9. The van der Waals surface area contributed by atoms with Gasteiger partial charge in [0.15, 0.2) is 33.9 Å². The number of aliphatic imine (C=N–C) groups is 2. The van der Waals surface area contributed by atoms with Crippen molar-refractivity contribution in [2.24, 2.45) is 9.98 Å². The number of carboxylic acids is 2. The Morgan fingerprint density at radius 2 is 1.18 bits per heavy atom. The minimum Gasteiger partial charge on any atom is -0.479 e. The van der Waals surface area contributed by atoms with Crippen molar-refractivity contribution in [1.82, 2.24) is 45.1 Å². The van der Waals surface area contributed by atoms with Crippen LogP contribution >= 0.6 is 61.8 Å². The molecule has 8 heterocycles. The van der Waals surface area contributed by atoms with Crippen LogP contribution in [-0.2, 0) is 38.1 Å². The predicted octanol–water partition coefficient (Wildman–Crippen LogP) is 8.07. The van der Waals surface area contributed by atoms with Crippen molar-refractivity contribution in [3.63, 3.8) is 0 Å². The first kappa shape index (κ1) is 69.4. The number of amides is 4. The highest BCUT2D eigenvalue weighted by Crippen LogP contribution is 2.40. The number of carbonyl (C=O) groups excluding carboxylic acids is 4. The van der Waals surface area contributed by atoms with Crippen LogP contribution < -0.4 is 10.6 Å². The van der Waals surface area contributed by atoms with Crippen LogP contribution in [0.2, 0.25) is 10.0 Å². The zero-order valence-corrected chi connectivity index (χ0v) is 52.3. The molecule has 4 fully saturated rings. The quantitative estimate of drug-likeness (QED) is 0.0392. The SMILES string of the molecule is C.CCOC(=O)C1=C(CBr)NC(c2nccs2)=N[C@H]1c1cccc(F)c1Cl.CCOC(=O)C1=C(CN2CCN3C(=O)N(CC(OC)C(=O)O)C[C@@H]3C2)NC(c2nccs2)=N[C@H]1c1cccc(F)c1Cl.COC(CN1C[C@@H]2CCCCN2C1=O)C(=O)O.[CH3-]. The van der Waals surface area contributed by atoms with Gasteiger partial charge in [0.05, 0.1) is 59.6 Å². The number of methoxy groups -OCH3 is 2. The van der Waals surface area contributed by atoms with Crippen LogP contribution in [0.25, 0.3) is 0 Å². The van der Waals surface area contributed by atoms with E-state index in [-0.39, 0.29) is 93.0 Å². The monoisotopic (exact) mass is 1350 g/mol. The van der Waals surface area contributed by atoms with Gasteiger partial charge in [0.2, 0.25) is 0 Å². The fraction of sp³-hybridized carbons (Fsp3) is 0.456. The summed E-state index contributed by atoms with van der Waals surface area (Å²) in [7, 11) is 2.65. The lowest BCUT2D eigenvalue weighted by atomic mass is 9.95. The Morgan fingerprint density at radius 1 is 0.713 bits per heavy atom. The summed E-state index contributed by atoms with van der Waals surface area (Å²) in [6, 6.07) is 6.88. The zero-order valence-electron chi connectivity index (χ0n) is 47.6. The van der Waals surface area contributed by atoms with E-state index in [0.29, 0.717) is 82.3 Å². The molecule has 2 aromatic carbocycles. The second-order valence-electron chi connectivity index (χ2n) is 19.8. The molecular weight excluding hydrogens is 1280 g/mol. The van der Waals surface area contributed by atoms with E-state index >= 15 is 0 Å². The number of hydrogen-bond donors (Lipinski definition) is 4. The summed E-state index contributed by atoms with van der Waals surface area (Å²) in [5, 5.41) is 29.7. The van der Waals surface area contributed by atoms with Gasteiger partial charge in [-0.05, 0) is 45.2 Å². The number of rotatable bonds is 19. The van der Waals surface area contributed by atoms with Gasteiger partial charge in [0.25, 0.3) is 0 Å². The lowest BCUT2D eigenvalue weighted by Gasteiger charge is -2.38. The molecule has 0 bridgehead atoms. The number of urea groups is 2. The van der Waals surface area contributed by atoms with Gasteiger partial charge in [-0.25, -0.2) is 47.5 Å². The van der Waals surface area contributed by atoms with Gasteiger partial charge < -0.3 is 66.8 Å². The van der Waals surface area contributed by atoms with Gasteiger partial charge in [0.1, 0.15) is 23.7 Å². The molecule has 23 nitrogen and oxygen atoms in total. The number of nitrogens with one attached hydrogen (secondary N) is 2. The van der Waals surface area contributed by atoms with Crippen LogP contribution in [0.4, 0.5) is 18.4 Å². The molecule has 2 aromatic heterocycles. The summed E-state index contributed by atoms with van der Waals surface area (Å²) >= 11 is 18.7. The number of esters is 2. The second kappa shape index (κ2) is 32.0. The normalized spacial score (nSPS) is 20.6. The summed E-state index contributed by atoms with van der Waals surface area (Å²) in [5.41, 5.74) is 2.30. The third-order valence-electron chi connectivity index (χ3n) is 14.6. The number of aromatic nitrogens is 2. The number of piperidine rings is 1. The minimum absolute atomic E-state index is 0. The maximum absolute atomic E-state index is 14.6. The van der Waals surface area contributed by atoms with E-state index in [0.717, 1.165) is 25.8 Å². The van der Waals surface area contributed by atoms with Crippen molar-refractivity contribution in [2.45, 2.75) is 76.9 Å². The van der Waals surface area contributed by atoms with Gasteiger partial charge in [0, 0.05) is 111 Å². The van der Waals surface area contributed by atoms with Gasteiger partial charge >= 0.3 is 35.9 Å². The Hall–Kier alpha value is -6.66. The molecule has 0 saturated carbocycles. The van der Waals surface area contributed by atoms with E-state index in [1.165, 1.54) is 66.1 Å². The Labute approximate surface area is 529 Å². The second-order valence-corrected chi connectivity index (χ2v) is 22.9. The number of amidine groups is 2. The molecule has 10 rings (SSSR count). The first-order valence-corrected chi connectivity index (χ1v) is 30.6. The largest absolute Gasteiger partial charge is 0.479 e. The molecule has 0 radical (unpaired) electrons. The van der Waals surface area contributed by atoms with Crippen molar-refractivity contribution in [3.8, 4) is 0 Å². The Bertz CT molecular complexity index is 3240. The third kappa shape index (κ3) is 16.2. The number of benzene rings is 2. The van der Waals surface area contributed by atoms with Gasteiger partial charge in [-0.2, -0.15) is 0 Å². The average Bonchev–Trinajstić information content (AvgIpc) is 1.87. The number of carboxylic acid groups (broad SMARTS) is 2. The molecule has 6 aliphatic heterocycles. The van der Waals surface area contributed by atoms with Gasteiger partial charge in [-0.1, -0.05) is 70.8 Å². The number of carbonyl (C=O) groups is 6. The first-order chi connectivity index (χ1) is 40.9. The maximum Gasteiger partial charge on any atom is 0.338 e. The summed E-state index contributed by atoms with van der Waals surface area (Å²) in [6.07, 6.45) is 4.46. The van der Waals surface area contributed by atoms with E-state index in [1.807, 2.05) is 10.3 Å². The number of allylic oxidation sites excluding steroid dienone is 1. The van der Waals surface area contributed by atoms with Gasteiger partial charge in [-0.3, -0.25) is 14.9 Å². The first-order valence-electron chi connectivity index (χ1n) is 27.0. The van der Waals surface area contributed by atoms with E-state index in [9.17, 15) is 42.7 Å². The van der Waals surface area contributed by atoms with Crippen molar-refractivity contribution in [2.75, 3.05) is 91.7 Å². The summed E-state index contributed by atoms with van der Waals surface area (Å²) < 4.78 is 49.1. The van der Waals surface area contributed by atoms with Crippen molar-refractivity contribution in [3.05, 3.63) is 132 Å². The zero-order chi connectivity index (χ0) is 61.1. The predicted molar refractivity (Wildman–Crippen MR) is 328 cm³/mol. The Kier molecular flexibility index (Phi) is 25.5. The van der Waals surface area contributed by atoms with E-state index in [4.69, 9.17) is 52.2 Å². The lowest BCUT2D eigenvalue weighted by Crippen LogP contribution is -2.53. The minimum atomic E-state index is -1.13. The number of aliphatic carboxylic acids is 2. The van der Waals surface area contributed by atoms with Crippen LogP contribution in [0.3, 0.4) is 0 Å². The Morgan fingerprint density at radius 3 is 1.62 bits per heavy atom. The van der Waals surface area contributed by atoms with Crippen molar-refractivity contribution < 1.29 is 66.7 Å². The topological polar surface area (TPSA) is 271 Å². The molecule has 87 heavy (non-hydrogen) atoms. The summed E-state index contributed by atoms with van der Waals surface area (Å²) in [5.74, 6) is -3.58. The molecule has 30 heteroatoms. The lowest BCUT2D eigenvalue weighted by molar-refractivity contribution is -0.149. The number of alkyl halides is 1. The van der Waals surface area contributed by atoms with Crippen LogP contribution in [-0.4, -0.2) is 208 Å². The average molecular weight is 1350 g/mol. The van der Waals surface area contributed by atoms with Gasteiger partial charge in [-0.15, -0.1) is 22.7 Å². The number of fused-ring (bicyclic) bond motifs is 2. The van der Waals surface area contributed by atoms with E-state index in [1.54, 1.807) is 53.6 Å². The molecule has 2 unspecified atom stereocenters. The maximum atomic E-state index is 14.6. The third-order valence-corrected chi connectivity index (χ3v) is 17.5. The molecule has 6 aliphatic rings. The molecule has 6 atom stereocenters. The number of halogens is 5. The van der Waals surface area contributed by atoms with Crippen LogP contribution in [0.5, 0.6) is 0 Å². The number of thiazole rings is 2. The van der Waals surface area contributed by atoms with E-state index < -0.39 is 59.8 Å². The molecule has 4 N–H and O–H groups in total. The highest BCUT2D eigenvalue weighted by atomic mass is 79.9. The van der Waals surface area contributed by atoms with Crippen molar-refractivity contribution >= 4 is 109 Å². The molecule has 472 valence electrons. The molecule has 4 amide bonds. The van der Waals surface area contributed by atoms with E-state index in [2.05, 4.69) is 46.4 Å². The molecule has 4 aromatic rings. The molecular formula is C57H69BrCl2F2N11O12S2-. The molecule has 0 aliphatic carbocycles. The van der Waals surface area contributed by atoms with Crippen molar-refractivity contribution in [1.29, 1.82) is 0 Å². The molecule has 0 spiro atoms. The van der Waals surface area contributed by atoms with Crippen LogP contribution in [0.1, 0.15) is 73.8 Å². The summed E-state index contributed by atoms with van der Waals surface area (Å²) in [4.78, 5) is 100. The molecule has 4 saturated heterocycles. The fourth-order valence-electron chi connectivity index (χ4n) is 10.5. The number of piperazine rings is 1.